The van der Waals surface area contributed by atoms with Gasteiger partial charge in [-0.15, -0.1) is 0 Å². The number of hydrogen-bond donors (Lipinski definition) is 1. The largest absolute Gasteiger partial charge is 0.481 e. The second kappa shape index (κ2) is 3.38. The third-order valence-electron chi connectivity index (χ3n) is 2.29. The molecule has 0 amide bonds. The average molecular weight is 208 g/mol. The van der Waals surface area contributed by atoms with Crippen molar-refractivity contribution in [3.8, 4) is 0 Å². The molecule has 4 heteroatoms. The number of rotatable bonds is 2. The highest BCUT2D eigenvalue weighted by Crippen LogP contribution is 2.27. The lowest BCUT2D eigenvalue weighted by Crippen LogP contribution is -1.99. The van der Waals surface area contributed by atoms with Crippen molar-refractivity contribution >= 4 is 16.9 Å². The average Bonchev–Trinajstić information content (AvgIpc) is 2.56. The van der Waals surface area contributed by atoms with Crippen molar-refractivity contribution in [3.05, 3.63) is 35.3 Å². The molecular weight excluding hydrogens is 199 g/mol. The van der Waals surface area contributed by atoms with E-state index in [4.69, 9.17) is 9.52 Å². The minimum absolute atomic E-state index is 0.229. The van der Waals surface area contributed by atoms with E-state index in [0.29, 0.717) is 11.1 Å². The second-order valence-corrected chi connectivity index (χ2v) is 3.40. The van der Waals surface area contributed by atoms with Gasteiger partial charge < -0.3 is 9.52 Å². The summed E-state index contributed by atoms with van der Waals surface area (Å²) >= 11 is 0. The van der Waals surface area contributed by atoms with Crippen molar-refractivity contribution in [2.24, 2.45) is 0 Å². The number of furan rings is 1. The molecule has 1 aromatic carbocycles. The number of carboxylic acids is 1. The first kappa shape index (κ1) is 9.71. The second-order valence-electron chi connectivity index (χ2n) is 3.40. The van der Waals surface area contributed by atoms with E-state index >= 15 is 0 Å². The van der Waals surface area contributed by atoms with Gasteiger partial charge >= 0.3 is 5.97 Å². The van der Waals surface area contributed by atoms with E-state index in [1.54, 1.807) is 13.0 Å². The molecule has 0 radical (unpaired) electrons. The zero-order chi connectivity index (χ0) is 11.0. The fourth-order valence-corrected chi connectivity index (χ4v) is 1.60. The predicted octanol–water partition coefficient (Wildman–Crippen LogP) is 2.51. The van der Waals surface area contributed by atoms with Crippen LogP contribution in [0, 0.1) is 12.7 Å². The fraction of sp³-hybridized carbons (Fsp3) is 0.182. The summed E-state index contributed by atoms with van der Waals surface area (Å²) in [5.41, 5.74) is 1.59. The maximum atomic E-state index is 13.5. The molecule has 1 aromatic heterocycles. The van der Waals surface area contributed by atoms with Crippen LogP contribution < -0.4 is 0 Å². The van der Waals surface area contributed by atoms with Gasteiger partial charge in [-0.05, 0) is 18.6 Å². The zero-order valence-corrected chi connectivity index (χ0v) is 8.08. The summed E-state index contributed by atoms with van der Waals surface area (Å²) in [4.78, 5) is 10.5. The molecule has 0 spiro atoms. The van der Waals surface area contributed by atoms with Crippen LogP contribution in [-0.2, 0) is 11.2 Å². The number of benzene rings is 1. The lowest BCUT2D eigenvalue weighted by Gasteiger charge is -1.97. The van der Waals surface area contributed by atoms with Crippen molar-refractivity contribution in [2.45, 2.75) is 13.3 Å². The van der Waals surface area contributed by atoms with E-state index in [9.17, 15) is 9.18 Å². The quantitative estimate of drug-likeness (QED) is 0.824. The normalized spacial score (nSPS) is 10.8. The van der Waals surface area contributed by atoms with Crippen molar-refractivity contribution in [2.75, 3.05) is 0 Å². The molecule has 0 aliphatic carbocycles. The van der Waals surface area contributed by atoms with Crippen LogP contribution in [0.5, 0.6) is 0 Å². The van der Waals surface area contributed by atoms with Crippen molar-refractivity contribution in [3.63, 3.8) is 0 Å². The Morgan fingerprint density at radius 2 is 2.27 bits per heavy atom. The van der Waals surface area contributed by atoms with Crippen LogP contribution in [0.4, 0.5) is 4.39 Å². The lowest BCUT2D eigenvalue weighted by atomic mass is 10.1. The van der Waals surface area contributed by atoms with E-state index in [2.05, 4.69) is 0 Å². The Morgan fingerprint density at radius 3 is 2.93 bits per heavy atom. The van der Waals surface area contributed by atoms with Gasteiger partial charge in [0.25, 0.3) is 0 Å². The third-order valence-corrected chi connectivity index (χ3v) is 2.29. The van der Waals surface area contributed by atoms with Gasteiger partial charge in [0.1, 0.15) is 11.4 Å². The molecule has 3 nitrogen and oxygen atoms in total. The number of carboxylic acid groups (broad SMARTS) is 1. The Balaban J connectivity index is 2.67. The highest BCUT2D eigenvalue weighted by Gasteiger charge is 2.14. The van der Waals surface area contributed by atoms with Crippen LogP contribution in [0.1, 0.15) is 11.1 Å². The number of fused-ring (bicyclic) bond motifs is 1. The Bertz CT molecular complexity index is 528. The fourth-order valence-electron chi connectivity index (χ4n) is 1.60. The standard InChI is InChI=1S/C11H9FO3/c1-6-2-3-8(12)10-7(4-9(13)14)5-15-11(6)10/h2-3,5H,4H2,1H3,(H,13,14). The summed E-state index contributed by atoms with van der Waals surface area (Å²) in [5.74, 6) is -1.45. The Kier molecular flexibility index (Phi) is 2.19. The molecule has 0 fully saturated rings. The molecular formula is C11H9FO3. The highest BCUT2D eigenvalue weighted by molar-refractivity contribution is 5.87. The van der Waals surface area contributed by atoms with Crippen molar-refractivity contribution < 1.29 is 18.7 Å². The Morgan fingerprint density at radius 1 is 1.53 bits per heavy atom. The van der Waals surface area contributed by atoms with Gasteiger partial charge in [0.2, 0.25) is 0 Å². The van der Waals surface area contributed by atoms with Crippen LogP contribution in [-0.4, -0.2) is 11.1 Å². The molecule has 0 aliphatic rings. The lowest BCUT2D eigenvalue weighted by molar-refractivity contribution is -0.136. The van der Waals surface area contributed by atoms with Crippen molar-refractivity contribution in [1.82, 2.24) is 0 Å². The van der Waals surface area contributed by atoms with Gasteiger partial charge in [0.05, 0.1) is 18.1 Å². The van der Waals surface area contributed by atoms with E-state index in [1.165, 1.54) is 12.3 Å². The van der Waals surface area contributed by atoms with Gasteiger partial charge in [-0.1, -0.05) is 6.07 Å². The number of aliphatic carboxylic acids is 1. The van der Waals surface area contributed by atoms with Crippen LogP contribution in [0.3, 0.4) is 0 Å². The SMILES string of the molecule is Cc1ccc(F)c2c(CC(=O)O)coc12. The first-order valence-electron chi connectivity index (χ1n) is 4.46. The molecule has 15 heavy (non-hydrogen) atoms. The van der Waals surface area contributed by atoms with Crippen LogP contribution in [0.25, 0.3) is 11.0 Å². The maximum Gasteiger partial charge on any atom is 0.307 e. The molecule has 1 heterocycles. The van der Waals surface area contributed by atoms with Gasteiger partial charge in [-0.25, -0.2) is 4.39 Å². The minimum Gasteiger partial charge on any atom is -0.481 e. The predicted molar refractivity (Wildman–Crippen MR) is 52.2 cm³/mol. The summed E-state index contributed by atoms with van der Waals surface area (Å²) in [5, 5.41) is 8.92. The molecule has 0 unspecified atom stereocenters. The highest BCUT2D eigenvalue weighted by atomic mass is 19.1. The number of carbonyl (C=O) groups is 1. The van der Waals surface area contributed by atoms with E-state index in [1.807, 2.05) is 0 Å². The third kappa shape index (κ3) is 1.58. The molecule has 1 N–H and O–H groups in total. The molecule has 0 atom stereocenters. The first-order chi connectivity index (χ1) is 7.09. The summed E-state index contributed by atoms with van der Waals surface area (Å²) in [6.07, 6.45) is 1.07. The molecule has 0 bridgehead atoms. The Labute approximate surface area is 85.1 Å². The number of hydrogen-bond acceptors (Lipinski definition) is 2. The van der Waals surface area contributed by atoms with Crippen LogP contribution in [0.2, 0.25) is 0 Å². The van der Waals surface area contributed by atoms with Crippen LogP contribution in [0.15, 0.2) is 22.8 Å². The Hall–Kier alpha value is -1.84. The van der Waals surface area contributed by atoms with Gasteiger partial charge in [-0.3, -0.25) is 4.79 Å². The smallest absolute Gasteiger partial charge is 0.307 e. The van der Waals surface area contributed by atoms with E-state index in [0.717, 1.165) is 5.56 Å². The summed E-state index contributed by atoms with van der Waals surface area (Å²) in [6.45, 7) is 1.79. The molecule has 0 saturated carbocycles. The topological polar surface area (TPSA) is 50.4 Å². The summed E-state index contributed by atoms with van der Waals surface area (Å²) in [7, 11) is 0. The van der Waals surface area contributed by atoms with Gasteiger partial charge in [0, 0.05) is 5.56 Å². The number of aryl methyl sites for hydroxylation is 1. The summed E-state index contributed by atoms with van der Waals surface area (Å²) in [6, 6.07) is 2.92. The number of halogens is 1. The zero-order valence-electron chi connectivity index (χ0n) is 8.08. The minimum atomic E-state index is -1.00. The van der Waals surface area contributed by atoms with Crippen molar-refractivity contribution in [1.29, 1.82) is 0 Å². The molecule has 0 aliphatic heterocycles. The van der Waals surface area contributed by atoms with Crippen LogP contribution >= 0.6 is 0 Å². The van der Waals surface area contributed by atoms with Gasteiger partial charge in [0.15, 0.2) is 0 Å². The first-order valence-corrected chi connectivity index (χ1v) is 4.46. The van der Waals surface area contributed by atoms with E-state index in [-0.39, 0.29) is 11.8 Å². The monoisotopic (exact) mass is 208 g/mol. The summed E-state index contributed by atoms with van der Waals surface area (Å²) < 4.78 is 18.6. The molecule has 2 rings (SSSR count). The maximum absolute atomic E-state index is 13.5. The van der Waals surface area contributed by atoms with E-state index < -0.39 is 11.8 Å². The van der Waals surface area contributed by atoms with Gasteiger partial charge in [-0.2, -0.15) is 0 Å². The molecule has 0 saturated heterocycles. The molecule has 78 valence electrons. The molecule has 2 aromatic rings.